The normalized spacial score (nSPS) is 25.3. The standard InChI is InChI=1S/C11H14BrN/c1-11(2)7-13-10(11)8-4-3-5-9(12)6-8/h3-6,10,13H,7H2,1-2H3. The molecule has 13 heavy (non-hydrogen) atoms. The predicted octanol–water partition coefficient (Wildman–Crippen LogP) is 3.12. The third kappa shape index (κ3) is 1.65. The molecule has 1 unspecified atom stereocenters. The molecule has 0 amide bonds. The maximum atomic E-state index is 3.49. The van der Waals surface area contributed by atoms with Crippen molar-refractivity contribution in [2.24, 2.45) is 5.41 Å². The van der Waals surface area contributed by atoms with E-state index in [0.29, 0.717) is 11.5 Å². The van der Waals surface area contributed by atoms with Crippen LogP contribution in [0.5, 0.6) is 0 Å². The minimum absolute atomic E-state index is 0.404. The van der Waals surface area contributed by atoms with E-state index in [9.17, 15) is 0 Å². The first-order valence-electron chi connectivity index (χ1n) is 4.58. The van der Waals surface area contributed by atoms with E-state index in [1.807, 2.05) is 0 Å². The third-order valence-corrected chi connectivity index (χ3v) is 3.22. The fourth-order valence-electron chi connectivity index (χ4n) is 1.87. The molecular weight excluding hydrogens is 226 g/mol. The Bertz CT molecular complexity index is 320. The van der Waals surface area contributed by atoms with Crippen LogP contribution in [-0.2, 0) is 0 Å². The quantitative estimate of drug-likeness (QED) is 0.795. The van der Waals surface area contributed by atoms with Crippen molar-refractivity contribution < 1.29 is 0 Å². The van der Waals surface area contributed by atoms with Crippen LogP contribution >= 0.6 is 15.9 Å². The van der Waals surface area contributed by atoms with E-state index >= 15 is 0 Å². The molecule has 2 rings (SSSR count). The maximum absolute atomic E-state index is 3.49. The second-order valence-corrected chi connectivity index (χ2v) is 5.27. The number of rotatable bonds is 1. The van der Waals surface area contributed by atoms with Gasteiger partial charge in [-0.2, -0.15) is 0 Å². The molecule has 1 saturated heterocycles. The van der Waals surface area contributed by atoms with Crippen molar-refractivity contribution >= 4 is 15.9 Å². The Morgan fingerprint density at radius 2 is 2.23 bits per heavy atom. The summed E-state index contributed by atoms with van der Waals surface area (Å²) in [4.78, 5) is 0. The third-order valence-electron chi connectivity index (χ3n) is 2.73. The van der Waals surface area contributed by atoms with Crippen molar-refractivity contribution in [3.8, 4) is 0 Å². The zero-order valence-electron chi connectivity index (χ0n) is 7.97. The molecule has 1 nitrogen and oxygen atoms in total. The Kier molecular flexibility index (Phi) is 2.20. The summed E-state index contributed by atoms with van der Waals surface area (Å²) < 4.78 is 1.16. The van der Waals surface area contributed by atoms with E-state index in [1.54, 1.807) is 0 Å². The van der Waals surface area contributed by atoms with E-state index in [4.69, 9.17) is 0 Å². The van der Waals surface area contributed by atoms with E-state index in [0.717, 1.165) is 11.0 Å². The highest BCUT2D eigenvalue weighted by Gasteiger charge is 2.38. The summed E-state index contributed by atoms with van der Waals surface area (Å²) in [5, 5.41) is 3.46. The molecule has 0 spiro atoms. The molecule has 1 N–H and O–H groups in total. The fraction of sp³-hybridized carbons (Fsp3) is 0.455. The molecule has 1 aliphatic rings. The summed E-state index contributed by atoms with van der Waals surface area (Å²) in [5.74, 6) is 0. The van der Waals surface area contributed by atoms with Crippen LogP contribution in [0.2, 0.25) is 0 Å². The van der Waals surface area contributed by atoms with Crippen molar-refractivity contribution in [3.63, 3.8) is 0 Å². The lowest BCUT2D eigenvalue weighted by atomic mass is 9.74. The Morgan fingerprint density at radius 3 is 2.69 bits per heavy atom. The number of hydrogen-bond donors (Lipinski definition) is 1. The second-order valence-electron chi connectivity index (χ2n) is 4.36. The minimum Gasteiger partial charge on any atom is -0.309 e. The van der Waals surface area contributed by atoms with Crippen molar-refractivity contribution in [3.05, 3.63) is 34.3 Å². The average Bonchev–Trinajstić information content (AvgIpc) is 2.02. The van der Waals surface area contributed by atoms with Gasteiger partial charge in [0.2, 0.25) is 0 Å². The highest BCUT2D eigenvalue weighted by Crippen LogP contribution is 2.40. The Balaban J connectivity index is 2.26. The summed E-state index contributed by atoms with van der Waals surface area (Å²) in [6.07, 6.45) is 0. The van der Waals surface area contributed by atoms with Crippen molar-refractivity contribution in [2.45, 2.75) is 19.9 Å². The van der Waals surface area contributed by atoms with Crippen LogP contribution in [0.25, 0.3) is 0 Å². The van der Waals surface area contributed by atoms with Gasteiger partial charge < -0.3 is 5.32 Å². The van der Waals surface area contributed by atoms with Gasteiger partial charge in [-0.3, -0.25) is 0 Å². The van der Waals surface area contributed by atoms with E-state index in [-0.39, 0.29) is 0 Å². The topological polar surface area (TPSA) is 12.0 Å². The van der Waals surface area contributed by atoms with Gasteiger partial charge in [0.05, 0.1) is 0 Å². The monoisotopic (exact) mass is 239 g/mol. The van der Waals surface area contributed by atoms with Gasteiger partial charge >= 0.3 is 0 Å². The highest BCUT2D eigenvalue weighted by molar-refractivity contribution is 9.10. The lowest BCUT2D eigenvalue weighted by molar-refractivity contribution is 0.128. The van der Waals surface area contributed by atoms with E-state index in [1.165, 1.54) is 5.56 Å². The first-order chi connectivity index (χ1) is 6.09. The SMILES string of the molecule is CC1(C)CNC1c1cccc(Br)c1. The fourth-order valence-corrected chi connectivity index (χ4v) is 2.28. The van der Waals surface area contributed by atoms with Crippen LogP contribution in [0.3, 0.4) is 0 Å². The van der Waals surface area contributed by atoms with Crippen molar-refractivity contribution in [1.82, 2.24) is 5.32 Å². The molecule has 1 aromatic rings. The second kappa shape index (κ2) is 3.10. The van der Waals surface area contributed by atoms with E-state index in [2.05, 4.69) is 59.4 Å². The first kappa shape index (κ1) is 9.22. The largest absolute Gasteiger partial charge is 0.309 e. The average molecular weight is 240 g/mol. The maximum Gasteiger partial charge on any atom is 0.0384 e. The molecule has 2 heteroatoms. The number of hydrogen-bond acceptors (Lipinski definition) is 1. The van der Waals surface area contributed by atoms with Gasteiger partial charge in [-0.25, -0.2) is 0 Å². The molecule has 0 radical (unpaired) electrons. The number of nitrogens with one attached hydrogen (secondary N) is 1. The van der Waals surface area contributed by atoms with Crippen LogP contribution < -0.4 is 5.32 Å². The van der Waals surface area contributed by atoms with Crippen LogP contribution in [0.4, 0.5) is 0 Å². The molecule has 1 atom stereocenters. The zero-order valence-corrected chi connectivity index (χ0v) is 9.56. The molecular formula is C11H14BrN. The highest BCUT2D eigenvalue weighted by atomic mass is 79.9. The lowest BCUT2D eigenvalue weighted by Crippen LogP contribution is -2.52. The van der Waals surface area contributed by atoms with Crippen LogP contribution in [-0.4, -0.2) is 6.54 Å². The van der Waals surface area contributed by atoms with Gasteiger partial charge in [0.1, 0.15) is 0 Å². The lowest BCUT2D eigenvalue weighted by Gasteiger charge is -2.46. The van der Waals surface area contributed by atoms with Gasteiger partial charge in [-0.15, -0.1) is 0 Å². The van der Waals surface area contributed by atoms with Crippen molar-refractivity contribution in [1.29, 1.82) is 0 Å². The minimum atomic E-state index is 0.404. The van der Waals surface area contributed by atoms with Crippen LogP contribution in [0.15, 0.2) is 28.7 Å². The van der Waals surface area contributed by atoms with Gasteiger partial charge in [-0.05, 0) is 23.1 Å². The zero-order chi connectivity index (χ0) is 9.47. The molecule has 0 saturated carbocycles. The summed E-state index contributed by atoms with van der Waals surface area (Å²) in [7, 11) is 0. The first-order valence-corrected chi connectivity index (χ1v) is 5.38. The van der Waals surface area contributed by atoms with E-state index < -0.39 is 0 Å². The summed E-state index contributed by atoms with van der Waals surface area (Å²) >= 11 is 3.49. The molecule has 70 valence electrons. The predicted molar refractivity (Wildman–Crippen MR) is 58.7 cm³/mol. The molecule has 0 aliphatic carbocycles. The molecule has 1 aliphatic heterocycles. The molecule has 1 fully saturated rings. The summed E-state index contributed by atoms with van der Waals surface area (Å²) in [6, 6.07) is 9.05. The Hall–Kier alpha value is -0.340. The number of halogens is 1. The van der Waals surface area contributed by atoms with Gasteiger partial charge in [-0.1, -0.05) is 41.9 Å². The van der Waals surface area contributed by atoms with Gasteiger partial charge in [0.15, 0.2) is 0 Å². The van der Waals surface area contributed by atoms with Crippen molar-refractivity contribution in [2.75, 3.05) is 6.54 Å². The molecule has 0 bridgehead atoms. The molecule has 1 heterocycles. The smallest absolute Gasteiger partial charge is 0.0384 e. The molecule has 1 aromatic carbocycles. The Labute approximate surface area is 87.7 Å². The summed E-state index contributed by atoms with van der Waals surface area (Å²) in [6.45, 7) is 5.72. The summed E-state index contributed by atoms with van der Waals surface area (Å²) in [5.41, 5.74) is 1.78. The van der Waals surface area contributed by atoms with Gasteiger partial charge in [0, 0.05) is 17.1 Å². The van der Waals surface area contributed by atoms with Gasteiger partial charge in [0.25, 0.3) is 0 Å². The Morgan fingerprint density at radius 1 is 1.46 bits per heavy atom. The molecule has 0 aromatic heterocycles. The van der Waals surface area contributed by atoms with Crippen LogP contribution in [0.1, 0.15) is 25.5 Å². The number of benzene rings is 1. The van der Waals surface area contributed by atoms with Crippen LogP contribution in [0, 0.1) is 5.41 Å².